The summed E-state index contributed by atoms with van der Waals surface area (Å²) in [5.74, 6) is -3.10. The van der Waals surface area contributed by atoms with Crippen LogP contribution in [-0.4, -0.2) is 57.7 Å². The second-order valence-corrected chi connectivity index (χ2v) is 11.8. The molecule has 2 aliphatic heterocycles. The van der Waals surface area contributed by atoms with Crippen LogP contribution in [0.4, 0.5) is 0 Å². The summed E-state index contributed by atoms with van der Waals surface area (Å²) in [7, 11) is 0. The smallest absolute Gasteiger partial charge is 0.307 e. The van der Waals surface area contributed by atoms with Crippen molar-refractivity contribution in [3.63, 3.8) is 0 Å². The fourth-order valence-corrected chi connectivity index (χ4v) is 7.10. The third kappa shape index (κ3) is 4.37. The number of carboxylic acids is 1. The van der Waals surface area contributed by atoms with E-state index in [1.807, 2.05) is 48.6 Å². The van der Waals surface area contributed by atoms with E-state index < -0.39 is 23.8 Å². The van der Waals surface area contributed by atoms with Crippen LogP contribution >= 0.6 is 0 Å². The van der Waals surface area contributed by atoms with Gasteiger partial charge in [-0.05, 0) is 59.9 Å². The van der Waals surface area contributed by atoms with Crippen LogP contribution in [-0.2, 0) is 9.59 Å². The van der Waals surface area contributed by atoms with E-state index in [1.165, 1.54) is 4.90 Å². The Labute approximate surface area is 234 Å². The first-order chi connectivity index (χ1) is 19.3. The molecule has 2 fully saturated rings. The summed E-state index contributed by atoms with van der Waals surface area (Å²) in [6.07, 6.45) is 10.4. The molecule has 4 unspecified atom stereocenters. The molecule has 4 atom stereocenters. The summed E-state index contributed by atoms with van der Waals surface area (Å²) < 4.78 is 0. The number of benzene rings is 2. The second kappa shape index (κ2) is 10.2. The first-order valence-corrected chi connectivity index (χ1v) is 14.2. The van der Waals surface area contributed by atoms with Gasteiger partial charge in [-0.2, -0.15) is 0 Å². The average molecular weight is 539 g/mol. The molecule has 0 bridgehead atoms. The first-order valence-electron chi connectivity index (χ1n) is 14.2. The van der Waals surface area contributed by atoms with Gasteiger partial charge in [0.25, 0.3) is 11.8 Å². The van der Waals surface area contributed by atoms with Gasteiger partial charge in [-0.25, -0.2) is 0 Å². The molecular weight excluding hydrogens is 504 g/mol. The van der Waals surface area contributed by atoms with E-state index in [2.05, 4.69) is 13.0 Å². The minimum atomic E-state index is -0.925. The van der Waals surface area contributed by atoms with Gasteiger partial charge in [0.05, 0.1) is 35.5 Å². The van der Waals surface area contributed by atoms with E-state index in [1.54, 1.807) is 17.0 Å². The number of carboxylic acid groups (broad SMARTS) is 1. The quantitative estimate of drug-likeness (QED) is 0.519. The number of allylic oxidation sites excluding steroid dienone is 3. The molecule has 0 radical (unpaired) electrons. The zero-order chi connectivity index (χ0) is 28.0. The molecule has 3 amide bonds. The standard InChI is InChI=1S/C33H34N2O5/c1-33-16-8-7-13-27(33)28(34(18-17-33)29(36)23-11-5-6-12-25(23)32(39)40)20-35-30(37)24-15-14-22(19-26(24)31(35)38)21-9-3-2-4-10-21/h2-4,7-10,13-15,19,23,25,28H,5-6,11-12,16-18,20H2,1H3,(H,39,40). The van der Waals surface area contributed by atoms with Crippen molar-refractivity contribution in [1.82, 2.24) is 9.80 Å². The van der Waals surface area contributed by atoms with Crippen LogP contribution in [0.15, 0.2) is 72.3 Å². The SMILES string of the molecule is CC12CC=CC=C1C(CN1C(=O)c3ccc(-c4ccccc4)cc3C1=O)N(C(=O)C1CCCCC1C(=O)O)CC2. The molecule has 0 spiro atoms. The number of hydrogen-bond acceptors (Lipinski definition) is 4. The molecule has 2 heterocycles. The van der Waals surface area contributed by atoms with Crippen LogP contribution in [0.5, 0.6) is 0 Å². The average Bonchev–Trinajstić information content (AvgIpc) is 3.21. The number of nitrogens with zero attached hydrogens (tertiary/aromatic N) is 2. The normalized spacial score (nSPS) is 27.7. The summed E-state index contributed by atoms with van der Waals surface area (Å²) in [4.78, 5) is 56.4. The highest BCUT2D eigenvalue weighted by Crippen LogP contribution is 2.46. The number of carbonyl (C=O) groups is 4. The summed E-state index contributed by atoms with van der Waals surface area (Å²) in [5, 5.41) is 9.87. The molecule has 1 saturated heterocycles. The molecular formula is C33H34N2O5. The summed E-state index contributed by atoms with van der Waals surface area (Å²) in [6.45, 7) is 2.69. The van der Waals surface area contributed by atoms with Gasteiger partial charge in [-0.15, -0.1) is 0 Å². The lowest BCUT2D eigenvalue weighted by atomic mass is 9.67. The Hall–Kier alpha value is -4.00. The summed E-state index contributed by atoms with van der Waals surface area (Å²) >= 11 is 0. The van der Waals surface area contributed by atoms with Crippen molar-refractivity contribution in [2.75, 3.05) is 13.1 Å². The fraction of sp³-hybridized carbons (Fsp3) is 0.394. The Kier molecular flexibility index (Phi) is 6.69. The van der Waals surface area contributed by atoms with Gasteiger partial charge in [0.1, 0.15) is 0 Å². The molecule has 1 N–H and O–H groups in total. The summed E-state index contributed by atoms with van der Waals surface area (Å²) in [6, 6.07) is 14.6. The number of carbonyl (C=O) groups excluding carboxylic acids is 3. The van der Waals surface area contributed by atoms with Gasteiger partial charge in [-0.1, -0.05) is 74.4 Å². The number of amides is 3. The highest BCUT2D eigenvalue weighted by molar-refractivity contribution is 6.21. The molecule has 7 heteroatoms. The Morgan fingerprint density at radius 2 is 1.68 bits per heavy atom. The zero-order valence-electron chi connectivity index (χ0n) is 22.7. The summed E-state index contributed by atoms with van der Waals surface area (Å²) in [5.41, 5.74) is 3.41. The lowest BCUT2D eigenvalue weighted by molar-refractivity contribution is -0.154. The number of imide groups is 1. The molecule has 0 aromatic heterocycles. The molecule has 2 aromatic rings. The number of piperidine rings is 1. The fourth-order valence-electron chi connectivity index (χ4n) is 7.10. The van der Waals surface area contributed by atoms with E-state index in [-0.39, 0.29) is 29.7 Å². The Morgan fingerprint density at radius 1 is 0.950 bits per heavy atom. The van der Waals surface area contributed by atoms with Crippen molar-refractivity contribution in [2.45, 2.75) is 51.5 Å². The molecule has 4 aliphatic rings. The minimum Gasteiger partial charge on any atom is -0.481 e. The molecule has 40 heavy (non-hydrogen) atoms. The van der Waals surface area contributed by atoms with Crippen molar-refractivity contribution in [3.05, 3.63) is 83.5 Å². The van der Waals surface area contributed by atoms with Crippen molar-refractivity contribution in [2.24, 2.45) is 17.3 Å². The largest absolute Gasteiger partial charge is 0.481 e. The van der Waals surface area contributed by atoms with Crippen LogP contribution in [0.3, 0.4) is 0 Å². The number of likely N-dealkylation sites (tertiary alicyclic amines) is 1. The molecule has 206 valence electrons. The predicted octanol–water partition coefficient (Wildman–Crippen LogP) is 5.33. The number of fused-ring (bicyclic) bond motifs is 2. The Bertz CT molecular complexity index is 1440. The lowest BCUT2D eigenvalue weighted by Crippen LogP contribution is -2.58. The number of aliphatic carboxylic acids is 1. The topological polar surface area (TPSA) is 95.0 Å². The van der Waals surface area contributed by atoms with Crippen LogP contribution in [0.2, 0.25) is 0 Å². The third-order valence-corrected chi connectivity index (χ3v) is 9.43. The molecule has 6 rings (SSSR count). The third-order valence-electron chi connectivity index (χ3n) is 9.43. The van der Waals surface area contributed by atoms with Gasteiger partial charge in [0.15, 0.2) is 0 Å². The van der Waals surface area contributed by atoms with Gasteiger partial charge in [-0.3, -0.25) is 24.1 Å². The van der Waals surface area contributed by atoms with Crippen LogP contribution in [0, 0.1) is 17.3 Å². The zero-order valence-corrected chi connectivity index (χ0v) is 22.7. The van der Waals surface area contributed by atoms with Crippen molar-refractivity contribution in [3.8, 4) is 11.1 Å². The Balaban J connectivity index is 1.33. The van der Waals surface area contributed by atoms with E-state index in [9.17, 15) is 24.3 Å². The van der Waals surface area contributed by atoms with Crippen molar-refractivity contribution >= 4 is 23.7 Å². The highest BCUT2D eigenvalue weighted by atomic mass is 16.4. The molecule has 1 saturated carbocycles. The first kappa shape index (κ1) is 26.2. The van der Waals surface area contributed by atoms with Crippen molar-refractivity contribution in [1.29, 1.82) is 0 Å². The lowest BCUT2D eigenvalue weighted by Gasteiger charge is -2.50. The monoisotopic (exact) mass is 538 g/mol. The molecule has 2 aromatic carbocycles. The van der Waals surface area contributed by atoms with Gasteiger partial charge >= 0.3 is 5.97 Å². The van der Waals surface area contributed by atoms with Gasteiger partial charge < -0.3 is 10.0 Å². The predicted molar refractivity (Wildman–Crippen MR) is 150 cm³/mol. The van der Waals surface area contributed by atoms with Gasteiger partial charge in [0, 0.05) is 6.54 Å². The van der Waals surface area contributed by atoms with Crippen LogP contribution in [0.1, 0.15) is 66.2 Å². The van der Waals surface area contributed by atoms with E-state index in [0.29, 0.717) is 30.5 Å². The maximum Gasteiger partial charge on any atom is 0.307 e. The minimum absolute atomic E-state index is 0.0540. The second-order valence-electron chi connectivity index (χ2n) is 11.8. The Morgan fingerprint density at radius 3 is 2.42 bits per heavy atom. The van der Waals surface area contributed by atoms with Gasteiger partial charge in [0.2, 0.25) is 5.91 Å². The maximum atomic E-state index is 14.0. The van der Waals surface area contributed by atoms with E-state index in [0.717, 1.165) is 42.4 Å². The number of rotatable bonds is 5. The van der Waals surface area contributed by atoms with Crippen molar-refractivity contribution < 1.29 is 24.3 Å². The van der Waals surface area contributed by atoms with Crippen LogP contribution in [0.25, 0.3) is 11.1 Å². The molecule has 7 nitrogen and oxygen atoms in total. The number of hydrogen-bond donors (Lipinski definition) is 1. The van der Waals surface area contributed by atoms with E-state index in [4.69, 9.17) is 0 Å². The van der Waals surface area contributed by atoms with E-state index >= 15 is 0 Å². The maximum absolute atomic E-state index is 14.0. The van der Waals surface area contributed by atoms with Crippen LogP contribution < -0.4 is 0 Å². The highest BCUT2D eigenvalue weighted by Gasteiger charge is 2.48. The molecule has 2 aliphatic carbocycles.